The first-order valence-electron chi connectivity index (χ1n) is 18.3. The number of aliphatic hydroxyl groups is 1. The fourth-order valence-electron chi connectivity index (χ4n) is 7.62. The molecule has 7 rings (SSSR count). The first-order chi connectivity index (χ1) is 25.1. The van der Waals surface area contributed by atoms with Gasteiger partial charge in [0.1, 0.15) is 23.6 Å². The second-order valence-corrected chi connectivity index (χ2v) is 15.0. The molecule has 2 amide bonds. The van der Waals surface area contributed by atoms with Gasteiger partial charge in [0.05, 0.1) is 41.7 Å². The number of H-pyrrole nitrogens is 1. The number of aromatic amines is 1. The van der Waals surface area contributed by atoms with Gasteiger partial charge in [0.15, 0.2) is 5.69 Å². The van der Waals surface area contributed by atoms with Crippen LogP contribution in [0, 0.1) is 0 Å². The highest BCUT2D eigenvalue weighted by Crippen LogP contribution is 2.41. The summed E-state index contributed by atoms with van der Waals surface area (Å²) in [7, 11) is 0. The summed E-state index contributed by atoms with van der Waals surface area (Å²) in [6.45, 7) is 6.92. The highest BCUT2D eigenvalue weighted by atomic mass is 16.6. The minimum Gasteiger partial charge on any atom is -0.444 e. The number of carbonyl (C=O) groups excluding carboxylic acids is 2. The van der Waals surface area contributed by atoms with Gasteiger partial charge in [-0.2, -0.15) is 0 Å². The number of piperazine rings is 1. The number of hydrogen-bond donors (Lipinski definition) is 2. The number of para-hydroxylation sites is 2. The summed E-state index contributed by atoms with van der Waals surface area (Å²) in [5.74, 6) is 0.498. The lowest BCUT2D eigenvalue weighted by Crippen LogP contribution is -2.58. The number of nitrogens with zero attached hydrogens (tertiary/aromatic N) is 5. The molecule has 11 heteroatoms. The molecule has 272 valence electrons. The number of imidazole rings is 2. The van der Waals surface area contributed by atoms with Gasteiger partial charge >= 0.3 is 6.09 Å². The predicted molar refractivity (Wildman–Crippen MR) is 199 cm³/mol. The largest absolute Gasteiger partial charge is 0.444 e. The summed E-state index contributed by atoms with van der Waals surface area (Å²) in [5, 5.41) is 12.3. The van der Waals surface area contributed by atoms with E-state index in [1.165, 1.54) is 0 Å². The fraction of sp³-hybridized carbons (Fsp3) is 0.415. The fourth-order valence-corrected chi connectivity index (χ4v) is 7.62. The monoisotopic (exact) mass is 704 g/mol. The molecule has 11 nitrogen and oxygen atoms in total. The van der Waals surface area contributed by atoms with Crippen LogP contribution in [0.15, 0.2) is 91.3 Å². The second-order valence-electron chi connectivity index (χ2n) is 15.0. The first-order valence-corrected chi connectivity index (χ1v) is 18.3. The Bertz CT molecular complexity index is 1950. The molecule has 0 radical (unpaired) electrons. The number of amides is 2. The molecule has 2 aromatic heterocycles. The third kappa shape index (κ3) is 7.75. The normalized spacial score (nSPS) is 21.0. The van der Waals surface area contributed by atoms with Crippen molar-refractivity contribution in [3.63, 3.8) is 0 Å². The van der Waals surface area contributed by atoms with Gasteiger partial charge in [-0.25, -0.2) is 14.8 Å². The van der Waals surface area contributed by atoms with Gasteiger partial charge in [-0.05, 0) is 57.7 Å². The van der Waals surface area contributed by atoms with Crippen molar-refractivity contribution in [3.05, 3.63) is 108 Å². The van der Waals surface area contributed by atoms with Crippen LogP contribution in [0.25, 0.3) is 22.3 Å². The topological polar surface area (TPSA) is 126 Å². The summed E-state index contributed by atoms with van der Waals surface area (Å²) in [4.78, 5) is 44.2. The molecule has 2 aliphatic rings. The summed E-state index contributed by atoms with van der Waals surface area (Å²) in [6.07, 6.45) is 4.95. The highest BCUT2D eigenvalue weighted by molar-refractivity contribution is 5.98. The molecule has 0 bridgehead atoms. The van der Waals surface area contributed by atoms with E-state index in [0.29, 0.717) is 56.1 Å². The molecule has 3 atom stereocenters. The standard InChI is InChI=1S/C41H48N6O5/c1-40(2,3)52-39(49)45-22-23-46(31(25-45)24-29-14-6-4-7-15-29)38(48)36-37(30-16-8-5-9-17-30)47(28-42-36)34-20-12-13-21-41(34,50)27-51-26-35-43-32-18-10-11-19-33(32)44-35/h4-11,14-19,28,31,34,50H,12-13,20-27H2,1-3H3,(H,43,44)/t31-,34+,41+/m1/s1. The number of nitrogens with one attached hydrogen (secondary N) is 1. The van der Waals surface area contributed by atoms with Crippen molar-refractivity contribution in [1.29, 1.82) is 0 Å². The second kappa shape index (κ2) is 14.9. The Morgan fingerprint density at radius 2 is 1.69 bits per heavy atom. The van der Waals surface area contributed by atoms with Gasteiger partial charge in [-0.3, -0.25) is 4.79 Å². The summed E-state index contributed by atoms with van der Waals surface area (Å²) < 4.78 is 13.9. The van der Waals surface area contributed by atoms with Crippen LogP contribution in [-0.4, -0.2) is 89.9 Å². The molecule has 52 heavy (non-hydrogen) atoms. The molecule has 3 aromatic carbocycles. The number of fused-ring (bicyclic) bond motifs is 1. The minimum absolute atomic E-state index is 0.107. The summed E-state index contributed by atoms with van der Waals surface area (Å²) >= 11 is 0. The molecular formula is C41H48N6O5. The Labute approximate surface area is 304 Å². The maximum absolute atomic E-state index is 14.8. The Kier molecular flexibility index (Phi) is 10.2. The smallest absolute Gasteiger partial charge is 0.410 e. The van der Waals surface area contributed by atoms with Crippen molar-refractivity contribution in [2.24, 2.45) is 0 Å². The average molecular weight is 705 g/mol. The molecule has 0 unspecified atom stereocenters. The first kappa shape index (κ1) is 35.4. The third-order valence-corrected chi connectivity index (χ3v) is 10.1. The SMILES string of the molecule is CC(C)(C)OC(=O)N1CCN(C(=O)c2ncn([C@H]3CCCC[C@]3(O)COCc3nc4ccccc4[nH]3)c2-c2ccccc2)[C@H](Cc2ccccc2)C1. The maximum Gasteiger partial charge on any atom is 0.410 e. The third-order valence-electron chi connectivity index (χ3n) is 10.1. The molecule has 2 fully saturated rings. The number of rotatable bonds is 9. The predicted octanol–water partition coefficient (Wildman–Crippen LogP) is 6.79. The van der Waals surface area contributed by atoms with Crippen molar-refractivity contribution in [2.45, 2.75) is 82.8 Å². The van der Waals surface area contributed by atoms with Crippen LogP contribution in [-0.2, 0) is 22.5 Å². The number of carbonyl (C=O) groups is 2. The zero-order chi connectivity index (χ0) is 36.3. The zero-order valence-corrected chi connectivity index (χ0v) is 30.2. The van der Waals surface area contributed by atoms with Gasteiger partial charge in [0.2, 0.25) is 0 Å². The summed E-state index contributed by atoms with van der Waals surface area (Å²) in [5.41, 5.74) is 2.89. The lowest BCUT2D eigenvalue weighted by molar-refractivity contribution is -0.103. The number of ether oxygens (including phenoxy) is 2. The average Bonchev–Trinajstić information content (AvgIpc) is 3.76. The molecule has 3 heterocycles. The molecule has 0 spiro atoms. The molecule has 2 N–H and O–H groups in total. The van der Waals surface area contributed by atoms with Crippen LogP contribution in [0.3, 0.4) is 0 Å². The van der Waals surface area contributed by atoms with Gasteiger partial charge in [-0.15, -0.1) is 0 Å². The quantitative estimate of drug-likeness (QED) is 0.173. The van der Waals surface area contributed by atoms with E-state index in [1.807, 2.05) is 115 Å². The molecule has 1 aliphatic carbocycles. The molecular weight excluding hydrogens is 656 g/mol. The Balaban J connectivity index is 1.18. The highest BCUT2D eigenvalue weighted by Gasteiger charge is 2.43. The van der Waals surface area contributed by atoms with Crippen molar-refractivity contribution in [3.8, 4) is 11.3 Å². The van der Waals surface area contributed by atoms with Crippen molar-refractivity contribution in [1.82, 2.24) is 29.3 Å². The van der Waals surface area contributed by atoms with Crippen LogP contribution >= 0.6 is 0 Å². The van der Waals surface area contributed by atoms with Crippen LogP contribution in [0.1, 0.15) is 74.4 Å². The van der Waals surface area contributed by atoms with E-state index in [2.05, 4.69) is 9.97 Å². The van der Waals surface area contributed by atoms with E-state index in [4.69, 9.17) is 14.5 Å². The van der Waals surface area contributed by atoms with Crippen molar-refractivity contribution in [2.75, 3.05) is 26.2 Å². The van der Waals surface area contributed by atoms with Gasteiger partial charge in [-0.1, -0.05) is 85.6 Å². The molecule has 1 saturated carbocycles. The van der Waals surface area contributed by atoms with Crippen LogP contribution in [0.5, 0.6) is 0 Å². The van der Waals surface area contributed by atoms with E-state index < -0.39 is 11.2 Å². The molecule has 1 saturated heterocycles. The Hall–Kier alpha value is -5.00. The van der Waals surface area contributed by atoms with Gasteiger partial charge in [0.25, 0.3) is 5.91 Å². The van der Waals surface area contributed by atoms with Crippen LogP contribution in [0.4, 0.5) is 4.79 Å². The van der Waals surface area contributed by atoms with Gasteiger partial charge < -0.3 is 33.9 Å². The van der Waals surface area contributed by atoms with Gasteiger partial charge in [0, 0.05) is 25.2 Å². The lowest BCUT2D eigenvalue weighted by atomic mass is 9.80. The number of benzene rings is 3. The minimum atomic E-state index is -1.19. The van der Waals surface area contributed by atoms with Crippen molar-refractivity contribution >= 4 is 23.0 Å². The van der Waals surface area contributed by atoms with E-state index in [-0.39, 0.29) is 37.3 Å². The zero-order valence-electron chi connectivity index (χ0n) is 30.2. The van der Waals surface area contributed by atoms with E-state index in [1.54, 1.807) is 11.2 Å². The molecule has 5 aromatic rings. The van der Waals surface area contributed by atoms with E-state index in [9.17, 15) is 14.7 Å². The molecule has 1 aliphatic heterocycles. The van der Waals surface area contributed by atoms with Crippen molar-refractivity contribution < 1.29 is 24.2 Å². The lowest BCUT2D eigenvalue weighted by Gasteiger charge is -2.42. The van der Waals surface area contributed by atoms with E-state index in [0.717, 1.165) is 35.0 Å². The summed E-state index contributed by atoms with van der Waals surface area (Å²) in [6, 6.07) is 27.0. The Morgan fingerprint density at radius 3 is 2.44 bits per heavy atom. The number of hydrogen-bond acceptors (Lipinski definition) is 7. The number of aromatic nitrogens is 4. The van der Waals surface area contributed by atoms with Crippen LogP contribution < -0.4 is 0 Å². The maximum atomic E-state index is 14.8. The van der Waals surface area contributed by atoms with E-state index >= 15 is 0 Å². The van der Waals surface area contributed by atoms with Crippen LogP contribution in [0.2, 0.25) is 0 Å². The Morgan fingerprint density at radius 1 is 0.962 bits per heavy atom.